The van der Waals surface area contributed by atoms with Crippen LogP contribution in [0.15, 0.2) is 0 Å². The first-order valence-electron chi connectivity index (χ1n) is 6.46. The third-order valence-electron chi connectivity index (χ3n) is 1.54. The minimum Gasteiger partial charge on any atom is -0.283 e. The van der Waals surface area contributed by atoms with Crippen LogP contribution in [0, 0.1) is 38.6 Å². The summed E-state index contributed by atoms with van der Waals surface area (Å²) in [6.45, 7) is 9.33. The van der Waals surface area contributed by atoms with E-state index in [1.165, 1.54) is 0 Å². The molecule has 0 saturated carbocycles. The molecule has 0 atom stereocenters. The van der Waals surface area contributed by atoms with Gasteiger partial charge in [-0.25, -0.2) is 0 Å². The second-order valence-electron chi connectivity index (χ2n) is 4.94. The number of carbonyl (C=O) groups excluding carboxylic acids is 6. The first kappa shape index (κ1) is 29.3. The van der Waals surface area contributed by atoms with Crippen molar-refractivity contribution in [2.24, 2.45) is 0 Å². The van der Waals surface area contributed by atoms with E-state index < -0.39 is 0 Å². The second kappa shape index (κ2) is 18.4. The Balaban J connectivity index is -0.000000108. The fourth-order valence-corrected chi connectivity index (χ4v) is 1.11. The normalized spacial score (nSPS) is 7.91. The van der Waals surface area contributed by atoms with E-state index in [2.05, 4.69) is 0 Å². The van der Waals surface area contributed by atoms with Crippen LogP contribution in [0.3, 0.4) is 0 Å². The van der Waals surface area contributed by atoms with Gasteiger partial charge in [-0.1, -0.05) is 0 Å². The molecule has 0 aliphatic carbocycles. The van der Waals surface area contributed by atoms with Crippen LogP contribution in [0.2, 0.25) is 0 Å². The molecule has 0 aromatic heterocycles. The number of rotatable bonds is 6. The van der Waals surface area contributed by atoms with E-state index in [9.17, 15) is 0 Å². The molecule has 6 N–H and O–H groups in total. The Morgan fingerprint density at radius 1 is 0.409 bits per heavy atom. The molecule has 0 heterocycles. The molecule has 0 aromatic rings. The van der Waals surface area contributed by atoms with Gasteiger partial charge in [0.25, 0.3) is 0 Å². The quantitative estimate of drug-likeness (QED) is 0.416. The second-order valence-corrected chi connectivity index (χ2v) is 4.94. The topological polar surface area (TPSA) is 128 Å². The maximum atomic E-state index is 8.46. The van der Waals surface area contributed by atoms with Gasteiger partial charge < -0.3 is 0 Å². The molecule has 0 spiro atoms. The molecule has 129 valence electrons. The maximum absolute atomic E-state index is 8.46. The van der Waals surface area contributed by atoms with Crippen LogP contribution in [0.1, 0.15) is 60.8 Å². The van der Waals surface area contributed by atoms with Gasteiger partial charge in [0.05, 0.1) is 0 Å². The molecular weight excluding hydrogens is 435 g/mol. The van der Waals surface area contributed by atoms with Gasteiger partial charge in [-0.05, 0) is 0 Å². The zero-order valence-corrected chi connectivity index (χ0v) is 16.3. The summed E-state index contributed by atoms with van der Waals surface area (Å²) in [5.74, 6) is 1.50. The van der Waals surface area contributed by atoms with Crippen molar-refractivity contribution in [1.82, 2.24) is 0 Å². The predicted octanol–water partition coefficient (Wildman–Crippen LogP) is 1.52. The van der Waals surface area contributed by atoms with Crippen molar-refractivity contribution in [3.8, 4) is 0 Å². The predicted molar refractivity (Wildman–Crippen MR) is 89.6 cm³/mol. The molecule has 6 nitrogen and oxygen atoms in total. The molecule has 0 saturated heterocycles. The van der Waals surface area contributed by atoms with Crippen molar-refractivity contribution in [3.05, 3.63) is 0 Å². The molecule has 0 aliphatic heterocycles. The fourth-order valence-electron chi connectivity index (χ4n) is 1.11. The van der Waals surface area contributed by atoms with Gasteiger partial charge in [-0.15, -0.1) is 0 Å². The van der Waals surface area contributed by atoms with E-state index in [0.29, 0.717) is 19.3 Å². The average molecular weight is 465 g/mol. The molecule has 0 aromatic carbocycles. The van der Waals surface area contributed by atoms with Crippen molar-refractivity contribution in [2.75, 3.05) is 0 Å². The van der Waals surface area contributed by atoms with Gasteiger partial charge in [0.2, 0.25) is 0 Å². The standard InChI is InChI=1S/3C5H8O2.Tb/c3*1-4(6)3-5(2)7;/h3*3H2,1-2H3;/p+6. The fraction of sp³-hybridized carbons (Fsp3) is 0.600. The summed E-state index contributed by atoms with van der Waals surface area (Å²) in [4.78, 5) is 50.8. The molecule has 0 aliphatic rings. The van der Waals surface area contributed by atoms with E-state index >= 15 is 0 Å². The Morgan fingerprint density at radius 3 is 0.500 bits per heavy atom. The van der Waals surface area contributed by atoms with Crippen molar-refractivity contribution in [3.63, 3.8) is 0 Å². The molecule has 1 radical (unpaired) electrons. The monoisotopic (exact) mass is 465 g/mol. The largest absolute Gasteiger partial charge is 0.302 e. The third-order valence-corrected chi connectivity index (χ3v) is 1.54. The number of hydrogen-bond donors (Lipinski definition) is 0. The Kier molecular flexibility index (Phi) is 24.5. The molecule has 0 bridgehead atoms. The first-order valence-corrected chi connectivity index (χ1v) is 6.46. The van der Waals surface area contributed by atoms with Crippen LogP contribution < -0.4 is 0 Å². The van der Waals surface area contributed by atoms with Crippen LogP contribution in [0.5, 0.6) is 0 Å². The summed E-state index contributed by atoms with van der Waals surface area (Å²) in [6.07, 6.45) is 0.917. The Bertz CT molecular complexity index is 314. The summed E-state index contributed by atoms with van der Waals surface area (Å²) in [7, 11) is 0. The summed E-state index contributed by atoms with van der Waals surface area (Å²) >= 11 is 0. The molecule has 0 fully saturated rings. The average Bonchev–Trinajstić information content (AvgIpc) is 2.10. The van der Waals surface area contributed by atoms with Crippen molar-refractivity contribution in [1.29, 1.82) is 0 Å². The Hall–Kier alpha value is -0.694. The van der Waals surface area contributed by atoms with E-state index in [-0.39, 0.29) is 73.3 Å². The molecular formula is C15H30O6Tb+6. The zero-order valence-electron chi connectivity index (χ0n) is 14.1. The minimum atomic E-state index is 0. The van der Waals surface area contributed by atoms with Gasteiger partial charge in [-0.2, -0.15) is 0 Å². The zero-order chi connectivity index (χ0) is 17.6. The maximum Gasteiger partial charge on any atom is 0.302 e. The van der Waals surface area contributed by atoms with Crippen LogP contribution in [-0.2, 0) is 0 Å². The molecule has 0 rings (SSSR count). The Labute approximate surface area is 162 Å². The van der Waals surface area contributed by atoms with Gasteiger partial charge in [0, 0.05) is 80.2 Å². The van der Waals surface area contributed by atoms with Gasteiger partial charge in [-0.3, -0.25) is 28.8 Å². The summed E-state index contributed by atoms with van der Waals surface area (Å²) < 4.78 is 0. The number of hydrogen-bond acceptors (Lipinski definition) is 0. The van der Waals surface area contributed by atoms with Gasteiger partial charge >= 0.3 is 34.7 Å². The molecule has 0 unspecified atom stereocenters. The smallest absolute Gasteiger partial charge is 0.283 e. The summed E-state index contributed by atoms with van der Waals surface area (Å²) in [5, 5.41) is 0. The number of ketones is 6. The molecule has 0 amide bonds. The summed E-state index contributed by atoms with van der Waals surface area (Å²) in [5.41, 5.74) is 0. The molecule has 22 heavy (non-hydrogen) atoms. The van der Waals surface area contributed by atoms with Crippen LogP contribution >= 0.6 is 0 Å². The van der Waals surface area contributed by atoms with E-state index in [1.54, 1.807) is 41.5 Å². The summed E-state index contributed by atoms with van der Waals surface area (Å²) in [6, 6.07) is 0. The van der Waals surface area contributed by atoms with E-state index in [1.807, 2.05) is 0 Å². The van der Waals surface area contributed by atoms with Crippen molar-refractivity contribution < 1.29 is 67.4 Å². The van der Waals surface area contributed by atoms with Crippen molar-refractivity contribution in [2.45, 2.75) is 60.8 Å². The van der Waals surface area contributed by atoms with Crippen LogP contribution in [0.4, 0.5) is 0 Å². The van der Waals surface area contributed by atoms with Crippen LogP contribution in [0.25, 0.3) is 0 Å². The van der Waals surface area contributed by atoms with Gasteiger partial charge in [0.1, 0.15) is 0 Å². The Morgan fingerprint density at radius 2 is 0.500 bits per heavy atom. The van der Waals surface area contributed by atoms with E-state index in [4.69, 9.17) is 28.8 Å². The minimum absolute atomic E-state index is 0. The van der Waals surface area contributed by atoms with Crippen molar-refractivity contribution >= 4 is 34.7 Å². The SMILES string of the molecule is CC(=[OH+])CC(C)=[OH+].CC(=[OH+])CC(C)=[OH+].CC(=[OH+])CC(C)=[OH+].[Tb]. The van der Waals surface area contributed by atoms with E-state index in [0.717, 1.165) is 0 Å². The molecule has 7 heteroatoms. The van der Waals surface area contributed by atoms with Gasteiger partial charge in [0.15, 0.2) is 19.3 Å². The van der Waals surface area contributed by atoms with Crippen LogP contribution in [-0.4, -0.2) is 63.5 Å². The first-order chi connectivity index (χ1) is 9.38. The third kappa shape index (κ3) is 50.6.